The number of nitrogens with one attached hydrogen (secondary N) is 1. The number of pyridine rings is 1. The summed E-state index contributed by atoms with van der Waals surface area (Å²) in [5.41, 5.74) is 1.38. The molecule has 3 nitrogen and oxygen atoms in total. The van der Waals surface area contributed by atoms with Gasteiger partial charge in [-0.05, 0) is 38.6 Å². The minimum atomic E-state index is 0.248. The lowest BCUT2D eigenvalue weighted by Gasteiger charge is -2.35. The van der Waals surface area contributed by atoms with Gasteiger partial charge in [-0.2, -0.15) is 0 Å². The van der Waals surface area contributed by atoms with Crippen LogP contribution in [0.25, 0.3) is 0 Å². The Labute approximate surface area is 105 Å². The molecule has 17 heavy (non-hydrogen) atoms. The summed E-state index contributed by atoms with van der Waals surface area (Å²) in [6.45, 7) is 8.77. The molecule has 0 saturated heterocycles. The molecule has 96 valence electrons. The van der Waals surface area contributed by atoms with Crippen molar-refractivity contribution in [3.8, 4) is 0 Å². The fourth-order valence-corrected chi connectivity index (χ4v) is 2.05. The van der Waals surface area contributed by atoms with Crippen LogP contribution < -0.4 is 5.32 Å². The minimum absolute atomic E-state index is 0.248. The molecule has 0 fully saturated rings. The fraction of sp³-hybridized carbons (Fsp3) is 0.643. The van der Waals surface area contributed by atoms with Gasteiger partial charge in [0.25, 0.3) is 0 Å². The molecule has 0 aliphatic heterocycles. The van der Waals surface area contributed by atoms with Crippen LogP contribution in [0, 0.1) is 5.41 Å². The number of hydrogen-bond donors (Lipinski definition) is 1. The van der Waals surface area contributed by atoms with Crippen LogP contribution in [-0.2, 0) is 6.54 Å². The first-order valence-electron chi connectivity index (χ1n) is 6.21. The van der Waals surface area contributed by atoms with E-state index in [1.54, 1.807) is 0 Å². The van der Waals surface area contributed by atoms with Gasteiger partial charge in [0.1, 0.15) is 0 Å². The molecule has 3 heteroatoms. The van der Waals surface area contributed by atoms with Crippen molar-refractivity contribution in [3.05, 3.63) is 30.1 Å². The van der Waals surface area contributed by atoms with E-state index in [1.165, 1.54) is 0 Å². The highest BCUT2D eigenvalue weighted by atomic mass is 15.1. The maximum absolute atomic E-state index is 4.36. The first-order valence-corrected chi connectivity index (χ1v) is 6.21. The molecule has 1 unspecified atom stereocenters. The van der Waals surface area contributed by atoms with Gasteiger partial charge in [0.2, 0.25) is 0 Å². The second-order valence-electron chi connectivity index (χ2n) is 5.49. The number of rotatable bonds is 6. The van der Waals surface area contributed by atoms with E-state index in [-0.39, 0.29) is 5.41 Å². The molecule has 1 heterocycles. The molecule has 0 aliphatic rings. The lowest BCUT2D eigenvalue weighted by atomic mass is 9.85. The van der Waals surface area contributed by atoms with Crippen molar-refractivity contribution >= 4 is 0 Å². The Kier molecular flexibility index (Phi) is 5.09. The third-order valence-electron chi connectivity index (χ3n) is 3.44. The average Bonchev–Trinajstić information content (AvgIpc) is 2.28. The largest absolute Gasteiger partial charge is 0.317 e. The van der Waals surface area contributed by atoms with Crippen molar-refractivity contribution in [1.82, 2.24) is 15.2 Å². The van der Waals surface area contributed by atoms with Gasteiger partial charge in [0, 0.05) is 25.3 Å². The molecule has 1 rings (SSSR count). The Morgan fingerprint density at radius 2 is 2.12 bits per heavy atom. The molecule has 1 N–H and O–H groups in total. The quantitative estimate of drug-likeness (QED) is 0.819. The van der Waals surface area contributed by atoms with Crippen molar-refractivity contribution in [2.45, 2.75) is 33.4 Å². The minimum Gasteiger partial charge on any atom is -0.317 e. The van der Waals surface area contributed by atoms with E-state index in [9.17, 15) is 0 Å². The normalized spacial score (nSPS) is 14.0. The lowest BCUT2D eigenvalue weighted by molar-refractivity contribution is 0.163. The zero-order valence-electron chi connectivity index (χ0n) is 11.7. The van der Waals surface area contributed by atoms with Crippen LogP contribution in [0.15, 0.2) is 24.4 Å². The molecule has 0 radical (unpaired) electrons. The second-order valence-corrected chi connectivity index (χ2v) is 5.49. The Morgan fingerprint density at radius 3 is 2.65 bits per heavy atom. The number of aromatic nitrogens is 1. The fourth-order valence-electron chi connectivity index (χ4n) is 2.05. The summed E-state index contributed by atoms with van der Waals surface area (Å²) in [5.74, 6) is 0. The van der Waals surface area contributed by atoms with Gasteiger partial charge < -0.3 is 5.32 Å². The van der Waals surface area contributed by atoms with E-state index >= 15 is 0 Å². The topological polar surface area (TPSA) is 28.2 Å². The van der Waals surface area contributed by atoms with Gasteiger partial charge in [-0.25, -0.2) is 0 Å². The molecule has 0 aromatic carbocycles. The highest BCUT2D eigenvalue weighted by molar-refractivity contribution is 5.03. The molecule has 0 saturated carbocycles. The van der Waals surface area contributed by atoms with Crippen LogP contribution in [0.4, 0.5) is 0 Å². The molecule has 0 amide bonds. The Morgan fingerprint density at radius 1 is 1.41 bits per heavy atom. The summed E-state index contributed by atoms with van der Waals surface area (Å²) in [6, 6.07) is 6.56. The highest BCUT2D eigenvalue weighted by Gasteiger charge is 2.26. The summed E-state index contributed by atoms with van der Waals surface area (Å²) in [5, 5.41) is 3.33. The Balaban J connectivity index is 2.52. The Bertz CT molecular complexity index is 321. The Hall–Kier alpha value is -0.930. The highest BCUT2D eigenvalue weighted by Crippen LogP contribution is 2.21. The van der Waals surface area contributed by atoms with E-state index in [2.05, 4.69) is 49.1 Å². The predicted molar refractivity (Wildman–Crippen MR) is 72.9 cm³/mol. The molecule has 0 spiro atoms. The maximum Gasteiger partial charge on any atom is 0.0543 e. The van der Waals surface area contributed by atoms with Crippen LogP contribution in [0.3, 0.4) is 0 Å². The van der Waals surface area contributed by atoms with Crippen LogP contribution >= 0.6 is 0 Å². The van der Waals surface area contributed by atoms with Crippen LogP contribution in [-0.4, -0.2) is 36.6 Å². The smallest absolute Gasteiger partial charge is 0.0543 e. The third kappa shape index (κ3) is 4.44. The van der Waals surface area contributed by atoms with Crippen molar-refractivity contribution in [2.75, 3.05) is 20.6 Å². The third-order valence-corrected chi connectivity index (χ3v) is 3.44. The average molecular weight is 235 g/mol. The first kappa shape index (κ1) is 14.1. The predicted octanol–water partition coefficient (Wildman–Crippen LogP) is 2.15. The molecular weight excluding hydrogens is 210 g/mol. The molecule has 1 aromatic heterocycles. The molecule has 0 bridgehead atoms. The monoisotopic (exact) mass is 235 g/mol. The standard InChI is InChI=1S/C14H25N3/c1-12(15-4)14(2,3)11-17(5)10-13-8-6-7-9-16-13/h6-9,12,15H,10-11H2,1-5H3. The summed E-state index contributed by atoms with van der Waals surface area (Å²) in [6.07, 6.45) is 1.85. The summed E-state index contributed by atoms with van der Waals surface area (Å²) >= 11 is 0. The van der Waals surface area contributed by atoms with E-state index in [4.69, 9.17) is 0 Å². The summed E-state index contributed by atoms with van der Waals surface area (Å²) < 4.78 is 0. The van der Waals surface area contributed by atoms with Gasteiger partial charge in [-0.3, -0.25) is 9.88 Å². The number of hydrogen-bond acceptors (Lipinski definition) is 3. The molecular formula is C14H25N3. The number of nitrogens with zero attached hydrogens (tertiary/aromatic N) is 2. The van der Waals surface area contributed by atoms with E-state index in [0.29, 0.717) is 6.04 Å². The summed E-state index contributed by atoms with van der Waals surface area (Å²) in [4.78, 5) is 6.69. The molecule has 1 atom stereocenters. The SMILES string of the molecule is CNC(C)C(C)(C)CN(C)Cc1ccccn1. The summed E-state index contributed by atoms with van der Waals surface area (Å²) in [7, 11) is 4.17. The maximum atomic E-state index is 4.36. The first-order chi connectivity index (χ1) is 7.95. The zero-order valence-corrected chi connectivity index (χ0v) is 11.7. The van der Waals surface area contributed by atoms with Crippen LogP contribution in [0.1, 0.15) is 26.5 Å². The van der Waals surface area contributed by atoms with Crippen molar-refractivity contribution < 1.29 is 0 Å². The van der Waals surface area contributed by atoms with Gasteiger partial charge >= 0.3 is 0 Å². The van der Waals surface area contributed by atoms with Crippen molar-refractivity contribution in [2.24, 2.45) is 5.41 Å². The molecule has 0 aliphatic carbocycles. The van der Waals surface area contributed by atoms with E-state index < -0.39 is 0 Å². The van der Waals surface area contributed by atoms with Gasteiger partial charge in [-0.15, -0.1) is 0 Å². The zero-order chi connectivity index (χ0) is 12.9. The van der Waals surface area contributed by atoms with E-state index in [0.717, 1.165) is 18.8 Å². The van der Waals surface area contributed by atoms with Gasteiger partial charge in [-0.1, -0.05) is 19.9 Å². The van der Waals surface area contributed by atoms with E-state index in [1.807, 2.05) is 25.4 Å². The van der Waals surface area contributed by atoms with Gasteiger partial charge in [0.15, 0.2) is 0 Å². The van der Waals surface area contributed by atoms with Crippen molar-refractivity contribution in [1.29, 1.82) is 0 Å². The van der Waals surface area contributed by atoms with Crippen LogP contribution in [0.2, 0.25) is 0 Å². The lowest BCUT2D eigenvalue weighted by Crippen LogP contribution is -2.44. The molecule has 1 aromatic rings. The van der Waals surface area contributed by atoms with Crippen LogP contribution in [0.5, 0.6) is 0 Å². The van der Waals surface area contributed by atoms with Crippen molar-refractivity contribution in [3.63, 3.8) is 0 Å². The van der Waals surface area contributed by atoms with Gasteiger partial charge in [0.05, 0.1) is 5.69 Å². The second kappa shape index (κ2) is 6.12.